The molecule has 30 heavy (non-hydrogen) atoms. The van der Waals surface area contributed by atoms with Crippen molar-refractivity contribution in [3.8, 4) is 22.9 Å². The molecule has 2 aromatic heterocycles. The number of aryl methyl sites for hydroxylation is 1. The van der Waals surface area contributed by atoms with Gasteiger partial charge in [-0.1, -0.05) is 0 Å². The number of rotatable bonds is 5. The average molecular weight is 410 g/mol. The minimum atomic E-state index is 0. The van der Waals surface area contributed by atoms with Crippen LogP contribution in [0.4, 0.5) is 17.5 Å². The Bertz CT molecular complexity index is 1040. The van der Waals surface area contributed by atoms with Crippen LogP contribution in [-0.4, -0.2) is 52.6 Å². The summed E-state index contributed by atoms with van der Waals surface area (Å²) in [7, 11) is 0. The third-order valence-electron chi connectivity index (χ3n) is 5.06. The van der Waals surface area contributed by atoms with Gasteiger partial charge >= 0.3 is 0 Å². The van der Waals surface area contributed by atoms with Crippen LogP contribution < -0.4 is 20.1 Å². The summed E-state index contributed by atoms with van der Waals surface area (Å²) in [5.41, 5.74) is 1.83. The summed E-state index contributed by atoms with van der Waals surface area (Å²) in [5.74, 6) is 4.18. The zero-order valence-corrected chi connectivity index (χ0v) is 16.8. The number of benzene rings is 1. The van der Waals surface area contributed by atoms with Crippen molar-refractivity contribution in [2.45, 2.75) is 25.8 Å². The molecule has 5 rings (SSSR count). The molecule has 0 saturated carbocycles. The molecule has 0 aliphatic carbocycles. The van der Waals surface area contributed by atoms with Crippen LogP contribution in [0.1, 0.15) is 20.0 Å². The minimum absolute atomic E-state index is 0. The predicted octanol–water partition coefficient (Wildman–Crippen LogP) is 3.53. The summed E-state index contributed by atoms with van der Waals surface area (Å²) in [5, 5.41) is 14.0. The summed E-state index contributed by atoms with van der Waals surface area (Å²) in [6, 6.07) is 9.92. The van der Waals surface area contributed by atoms with Gasteiger partial charge in [0.1, 0.15) is 24.8 Å². The van der Waals surface area contributed by atoms with Crippen molar-refractivity contribution in [3.63, 3.8) is 0 Å². The second-order valence-corrected chi connectivity index (χ2v) is 7.41. The molecule has 1 saturated heterocycles. The number of hydrogen-bond acceptors (Lipinski definition) is 8. The van der Waals surface area contributed by atoms with E-state index in [0.717, 1.165) is 48.9 Å². The molecule has 0 bridgehead atoms. The van der Waals surface area contributed by atoms with Crippen LogP contribution in [0.5, 0.6) is 11.5 Å². The molecule has 2 aliphatic heterocycles. The number of hydrogen-bond donors (Lipinski definition) is 3. The summed E-state index contributed by atoms with van der Waals surface area (Å²) in [6.45, 7) is 4.57. The number of anilines is 3. The van der Waals surface area contributed by atoms with E-state index in [1.54, 1.807) is 0 Å². The van der Waals surface area contributed by atoms with Gasteiger partial charge in [-0.25, -0.2) is 9.97 Å². The summed E-state index contributed by atoms with van der Waals surface area (Å²) >= 11 is 0. The van der Waals surface area contributed by atoms with Gasteiger partial charge in [0.2, 0.25) is 0 Å². The monoisotopic (exact) mass is 410 g/mol. The number of nitrogens with zero attached hydrogens (tertiary/aromatic N) is 3. The number of fused-ring (bicyclic) bond motifs is 1. The van der Waals surface area contributed by atoms with Gasteiger partial charge < -0.3 is 24.8 Å². The third-order valence-corrected chi connectivity index (χ3v) is 5.06. The van der Waals surface area contributed by atoms with E-state index in [4.69, 9.17) is 24.2 Å². The lowest BCUT2D eigenvalue weighted by molar-refractivity contribution is 0.0904. The molecule has 3 N–H and O–H groups in total. The third kappa shape index (κ3) is 4.16. The van der Waals surface area contributed by atoms with Crippen LogP contribution in [0.2, 0.25) is 0 Å². The molecular formula is C21H26N6O3. The van der Waals surface area contributed by atoms with Gasteiger partial charge in [0.05, 0.1) is 0 Å². The summed E-state index contributed by atoms with van der Waals surface area (Å²) in [4.78, 5) is 9.48. The van der Waals surface area contributed by atoms with E-state index in [9.17, 15) is 0 Å². The van der Waals surface area contributed by atoms with Gasteiger partial charge in [0, 0.05) is 44.1 Å². The maximum atomic E-state index is 5.73. The molecule has 0 amide bonds. The van der Waals surface area contributed by atoms with E-state index in [2.05, 4.69) is 20.8 Å². The van der Waals surface area contributed by atoms with Crippen LogP contribution >= 0.6 is 0 Å². The topological polar surface area (TPSA) is 106 Å². The molecule has 9 nitrogen and oxygen atoms in total. The number of ether oxygens (including phenoxy) is 3. The molecule has 0 spiro atoms. The van der Waals surface area contributed by atoms with E-state index in [0.29, 0.717) is 42.5 Å². The predicted molar refractivity (Wildman–Crippen MR) is 115 cm³/mol. The Morgan fingerprint density at radius 3 is 2.53 bits per heavy atom. The minimum Gasteiger partial charge on any atom is -0.486 e. The fraction of sp³-hybridized carbons (Fsp3) is 0.381. The highest BCUT2D eigenvalue weighted by atomic mass is 16.6. The smallest absolute Gasteiger partial charge is 0.164 e. The lowest BCUT2D eigenvalue weighted by atomic mass is 10.1. The first-order valence-electron chi connectivity index (χ1n) is 10.2. The zero-order valence-electron chi connectivity index (χ0n) is 16.8. The Kier molecular flexibility index (Phi) is 5.10. The number of H-pyrrole nitrogens is 1. The Labute approximate surface area is 175 Å². The SMILES string of the molecule is Cc1cc(Nc2cc(NC3CCOCC3)nc(-c3ccc4c(c3)OCCO4)n2)n[nH]1.[HH]. The van der Waals surface area contributed by atoms with Gasteiger partial charge in [0.15, 0.2) is 23.1 Å². The van der Waals surface area contributed by atoms with Crippen LogP contribution in [0.15, 0.2) is 30.3 Å². The van der Waals surface area contributed by atoms with Gasteiger partial charge in [-0.2, -0.15) is 5.10 Å². The van der Waals surface area contributed by atoms with E-state index in [-0.39, 0.29) is 1.43 Å². The summed E-state index contributed by atoms with van der Waals surface area (Å²) < 4.78 is 16.8. The van der Waals surface area contributed by atoms with Crippen molar-refractivity contribution in [2.24, 2.45) is 0 Å². The van der Waals surface area contributed by atoms with Crippen molar-refractivity contribution in [1.82, 2.24) is 20.2 Å². The quantitative estimate of drug-likeness (QED) is 0.587. The van der Waals surface area contributed by atoms with Crippen molar-refractivity contribution in [2.75, 3.05) is 37.1 Å². The van der Waals surface area contributed by atoms with Crippen LogP contribution in [0.25, 0.3) is 11.4 Å². The molecule has 9 heteroatoms. The zero-order chi connectivity index (χ0) is 20.3. The second-order valence-electron chi connectivity index (χ2n) is 7.41. The lowest BCUT2D eigenvalue weighted by Gasteiger charge is -2.24. The van der Waals surface area contributed by atoms with Crippen molar-refractivity contribution in [3.05, 3.63) is 36.0 Å². The Morgan fingerprint density at radius 2 is 1.73 bits per heavy atom. The van der Waals surface area contributed by atoms with Gasteiger partial charge in [0.25, 0.3) is 0 Å². The molecule has 0 radical (unpaired) electrons. The maximum absolute atomic E-state index is 5.73. The lowest BCUT2D eigenvalue weighted by Crippen LogP contribution is -2.28. The first kappa shape index (κ1) is 18.7. The Hall–Kier alpha value is -3.33. The highest BCUT2D eigenvalue weighted by molar-refractivity contribution is 5.66. The normalized spacial score (nSPS) is 16.3. The number of aromatic amines is 1. The fourth-order valence-corrected chi connectivity index (χ4v) is 3.56. The molecule has 1 aromatic carbocycles. The largest absolute Gasteiger partial charge is 0.486 e. The van der Waals surface area contributed by atoms with Crippen LogP contribution in [0, 0.1) is 6.92 Å². The van der Waals surface area contributed by atoms with Crippen LogP contribution in [0.3, 0.4) is 0 Å². The van der Waals surface area contributed by atoms with Crippen molar-refractivity contribution >= 4 is 17.5 Å². The van der Waals surface area contributed by atoms with E-state index < -0.39 is 0 Å². The molecule has 1 fully saturated rings. The number of aromatic nitrogens is 4. The molecule has 158 valence electrons. The van der Waals surface area contributed by atoms with E-state index in [1.165, 1.54) is 0 Å². The standard InChI is InChI=1S/C21H24N6O3.H2/c1-13-10-20(27-26-13)23-19-12-18(22-15-4-6-28-7-5-15)24-21(25-19)14-2-3-16-17(11-14)30-9-8-29-16;/h2-3,10-12,15H,4-9H2,1H3,(H3,22,23,24,25,26,27);1H. The van der Waals surface area contributed by atoms with Crippen molar-refractivity contribution in [1.29, 1.82) is 0 Å². The van der Waals surface area contributed by atoms with Crippen LogP contribution in [-0.2, 0) is 4.74 Å². The second kappa shape index (κ2) is 8.19. The summed E-state index contributed by atoms with van der Waals surface area (Å²) in [6.07, 6.45) is 1.90. The first-order chi connectivity index (χ1) is 14.7. The highest BCUT2D eigenvalue weighted by Gasteiger charge is 2.18. The van der Waals surface area contributed by atoms with E-state index in [1.807, 2.05) is 37.3 Å². The molecular weight excluding hydrogens is 384 g/mol. The van der Waals surface area contributed by atoms with Gasteiger partial charge in [-0.05, 0) is 38.0 Å². The first-order valence-corrected chi connectivity index (χ1v) is 10.2. The van der Waals surface area contributed by atoms with Crippen molar-refractivity contribution < 1.29 is 15.6 Å². The Morgan fingerprint density at radius 1 is 0.933 bits per heavy atom. The van der Waals surface area contributed by atoms with E-state index >= 15 is 0 Å². The average Bonchev–Trinajstić information content (AvgIpc) is 3.18. The molecule has 3 aromatic rings. The van der Waals surface area contributed by atoms with Gasteiger partial charge in [-0.15, -0.1) is 0 Å². The fourth-order valence-electron chi connectivity index (χ4n) is 3.56. The molecule has 0 unspecified atom stereocenters. The maximum Gasteiger partial charge on any atom is 0.164 e. The molecule has 0 atom stereocenters. The van der Waals surface area contributed by atoms with Gasteiger partial charge in [-0.3, -0.25) is 5.10 Å². The number of nitrogens with one attached hydrogen (secondary N) is 3. The Balaban J connectivity index is 0.00000231. The molecule has 4 heterocycles. The molecule has 2 aliphatic rings. The highest BCUT2D eigenvalue weighted by Crippen LogP contribution is 2.34.